The number of benzene rings is 4. The molecule has 12 heterocycles. The molecule has 41 heteroatoms. The Morgan fingerprint density at radius 3 is 0.914 bits per heavy atom. The molecular formula is C98H95ClN16O22P2. The Balaban J connectivity index is 0.000000158. The predicted molar refractivity (Wildman–Crippen MR) is 509 cm³/mol. The number of amides is 3. The molecule has 12 aromatic heterocycles. The number of carbonyl (C=O) groups is 3. The molecule has 0 aliphatic rings. The number of anilines is 4. The molecule has 16 aromatic rings. The number of phosphoric ester groups is 2. The number of aromatic nitrogens is 12. The van der Waals surface area contributed by atoms with Crippen LogP contribution < -0.4 is 40.6 Å². The van der Waals surface area contributed by atoms with Crippen LogP contribution in [-0.4, -0.2) is 121 Å². The number of ether oxygens (including phenoxy) is 7. The van der Waals surface area contributed by atoms with Crippen molar-refractivity contribution in [1.29, 1.82) is 0 Å². The lowest BCUT2D eigenvalue weighted by Gasteiger charge is -2.17. The molecular weight excluding hydrogens is 1850 g/mol. The maximum absolute atomic E-state index is 12.9. The fourth-order valence-electron chi connectivity index (χ4n) is 12.5. The average Bonchev–Trinajstić information content (AvgIpc) is 1.72. The van der Waals surface area contributed by atoms with Gasteiger partial charge in [-0.1, -0.05) is 180 Å². The molecule has 0 saturated heterocycles. The number of phosphoric acid groups is 2. The molecule has 0 unspecified atom stereocenters. The second-order valence-electron chi connectivity index (χ2n) is 29.7. The number of hydrogen-bond donors (Lipinski definition) is 6. The Morgan fingerprint density at radius 1 is 0.345 bits per heavy atom. The van der Waals surface area contributed by atoms with Crippen LogP contribution in [0.4, 0.5) is 37.7 Å². The van der Waals surface area contributed by atoms with Gasteiger partial charge in [-0.05, 0) is 130 Å². The van der Waals surface area contributed by atoms with Crippen molar-refractivity contribution in [3.05, 3.63) is 360 Å². The van der Waals surface area contributed by atoms with Gasteiger partial charge in [0.1, 0.15) is 49.7 Å². The molecule has 0 saturated carbocycles. The smallest absolute Gasteiger partial charge is 0.473 e. The third-order valence-electron chi connectivity index (χ3n) is 19.4. The van der Waals surface area contributed by atoms with Gasteiger partial charge in [-0.25, -0.2) is 72.4 Å². The van der Waals surface area contributed by atoms with Gasteiger partial charge >= 0.3 is 33.9 Å². The Labute approximate surface area is 802 Å². The van der Waals surface area contributed by atoms with Gasteiger partial charge in [0.2, 0.25) is 37.1 Å². The predicted octanol–water partition coefficient (Wildman–Crippen LogP) is 20.4. The van der Waals surface area contributed by atoms with E-state index in [1.807, 2.05) is 190 Å². The lowest BCUT2D eigenvalue weighted by molar-refractivity contribution is 0.0257. The molecule has 0 aliphatic heterocycles. The topological polar surface area (TPSA) is 497 Å². The van der Waals surface area contributed by atoms with Gasteiger partial charge in [-0.2, -0.15) is 0 Å². The minimum atomic E-state index is -4.76. The van der Waals surface area contributed by atoms with E-state index in [1.54, 1.807) is 91.8 Å². The summed E-state index contributed by atoms with van der Waals surface area (Å²) in [6.45, 7) is 4.53. The van der Waals surface area contributed by atoms with Gasteiger partial charge in [-0.15, -0.1) is 0 Å². The largest absolute Gasteiger partial charge is 0.477 e. The van der Waals surface area contributed by atoms with Crippen LogP contribution in [0.1, 0.15) is 107 Å². The summed E-state index contributed by atoms with van der Waals surface area (Å²) in [4.78, 5) is 86.5. The van der Waals surface area contributed by atoms with Crippen LogP contribution in [0.3, 0.4) is 0 Å². The summed E-state index contributed by atoms with van der Waals surface area (Å²) in [5, 5.41) is 24.0. The van der Waals surface area contributed by atoms with Gasteiger partial charge < -0.3 is 66.8 Å². The standard InChI is InChI=1S/C31H37N4O8P.C23H19ClN4O4.C23H21N4O8P.C21H18N4O2/c1-3-5-18-40-44(37,41-19-6-4-2)42-23-39-31(36)34-30-27(10-9-17-33-30)28-21-26(35-43-28)20-24-12-14-25(15-13-24)22-38-29-11-7-8-16-32-29;24-15-31-23(29)27-22-19(4-3-11-26-22)20-13-18(28-32-20)12-16-6-8-17(9-7-16)14-30-21-5-1-2-10-25-21;28-23(33-15-34-36(29,30)31)26-22-19(4-3-11-25-22)20-13-18(27-35-20)12-16-6-8-17(9-7-16)14-32-21-5-1-2-10-24-21;22-21-18(4-3-11-24-21)19-13-17(25-27-19)12-15-6-8-16(9-7-15)14-26-20-5-1-2-10-23-20/h7-17,21H,3-6,18-20,22-23H2,1-2H3,(H,33,34,36);1-11,13H,12,14-15H2,(H,26,27,29);1-11,13H,12,14-15H2,(H,25,26,28)(H2,29,30,31);1-11,13H,12,14H2,(H2,22,24). The van der Waals surface area contributed by atoms with Crippen molar-refractivity contribution >= 4 is 68.8 Å². The maximum Gasteiger partial charge on any atom is 0.477 e. The molecule has 0 aliphatic carbocycles. The molecule has 0 bridgehead atoms. The molecule has 0 atom stereocenters. The van der Waals surface area contributed by atoms with E-state index < -0.39 is 47.5 Å². The maximum atomic E-state index is 12.9. The summed E-state index contributed by atoms with van der Waals surface area (Å²) in [5.74, 6) is 5.24. The Hall–Kier alpha value is -15.8. The van der Waals surface area contributed by atoms with Crippen molar-refractivity contribution in [2.45, 2.75) is 91.6 Å². The first-order valence-corrected chi connectivity index (χ1v) is 46.8. The molecule has 0 spiro atoms. The van der Waals surface area contributed by atoms with E-state index in [0.29, 0.717) is 151 Å². The van der Waals surface area contributed by atoms with Crippen molar-refractivity contribution in [2.75, 3.05) is 54.5 Å². The molecule has 4 aromatic carbocycles. The van der Waals surface area contributed by atoms with E-state index in [2.05, 4.69) is 103 Å². The van der Waals surface area contributed by atoms with E-state index in [1.165, 1.54) is 12.4 Å². The first-order valence-electron chi connectivity index (χ1n) is 43.3. The number of nitrogens with one attached hydrogen (secondary N) is 3. The summed E-state index contributed by atoms with van der Waals surface area (Å²) >= 11 is 5.41. The van der Waals surface area contributed by atoms with Crippen molar-refractivity contribution in [1.82, 2.24) is 60.5 Å². The molecule has 16 rings (SSSR count). The van der Waals surface area contributed by atoms with Crippen LogP contribution >= 0.6 is 27.2 Å². The number of nitrogen functional groups attached to an aromatic ring is 1. The Bertz CT molecular complexity index is 6570. The minimum absolute atomic E-state index is 0.110. The lowest BCUT2D eigenvalue weighted by atomic mass is 10.1. The summed E-state index contributed by atoms with van der Waals surface area (Å²) in [7, 11) is -8.63. The van der Waals surface area contributed by atoms with Gasteiger partial charge in [0.25, 0.3) is 0 Å². The number of nitrogens with zero attached hydrogens (tertiary/aromatic N) is 12. The average molecular weight is 1950 g/mol. The normalized spacial score (nSPS) is 11.0. The number of pyridine rings is 8. The van der Waals surface area contributed by atoms with Crippen LogP contribution in [0.15, 0.2) is 310 Å². The summed E-state index contributed by atoms with van der Waals surface area (Å²) in [5.41, 5.74) is 19.5. The fraction of sp³-hybridized carbons (Fsp3) is 0.194. The van der Waals surface area contributed by atoms with Gasteiger partial charge in [0.05, 0.1) is 58.2 Å². The monoisotopic (exact) mass is 1940 g/mol. The quantitative estimate of drug-likeness (QED) is 0.00680. The van der Waals surface area contributed by atoms with Gasteiger partial charge in [0, 0.05) is 124 Å². The molecule has 716 valence electrons. The lowest BCUT2D eigenvalue weighted by Crippen LogP contribution is -2.17. The van der Waals surface area contributed by atoms with Crippen molar-refractivity contribution in [3.8, 4) is 68.8 Å². The van der Waals surface area contributed by atoms with E-state index in [0.717, 1.165) is 74.3 Å². The van der Waals surface area contributed by atoms with Crippen molar-refractivity contribution in [2.24, 2.45) is 0 Å². The number of alkyl halides is 1. The number of halogens is 1. The van der Waals surface area contributed by atoms with Gasteiger partial charge in [-0.3, -0.25) is 25.0 Å². The van der Waals surface area contributed by atoms with Crippen LogP contribution in [0, 0.1) is 0 Å². The zero-order valence-corrected chi connectivity index (χ0v) is 77.6. The molecule has 139 heavy (non-hydrogen) atoms. The molecule has 0 fully saturated rings. The molecule has 0 radical (unpaired) electrons. The highest BCUT2D eigenvalue weighted by atomic mass is 35.5. The van der Waals surface area contributed by atoms with Crippen molar-refractivity contribution in [3.63, 3.8) is 0 Å². The highest BCUT2D eigenvalue weighted by Gasteiger charge is 2.28. The Kier molecular flexibility index (Phi) is 38.3. The number of nitrogens with two attached hydrogens (primary N) is 1. The summed E-state index contributed by atoms with van der Waals surface area (Å²) in [6.07, 6.45) is 15.7. The minimum Gasteiger partial charge on any atom is -0.473 e. The van der Waals surface area contributed by atoms with Crippen LogP contribution in [0.5, 0.6) is 23.5 Å². The number of carbonyl (C=O) groups excluding carboxylic acids is 3. The summed E-state index contributed by atoms with van der Waals surface area (Å²) in [6, 6.07) is 75.2. The zero-order chi connectivity index (χ0) is 97.1. The molecule has 7 N–H and O–H groups in total. The number of hydrogen-bond acceptors (Lipinski definition) is 33. The first kappa shape index (κ1) is 101. The van der Waals surface area contributed by atoms with Gasteiger partial charge in [0.15, 0.2) is 29.1 Å². The number of unbranched alkanes of at least 4 members (excludes halogenated alkanes) is 2. The highest BCUT2D eigenvalue weighted by Crippen LogP contribution is 2.50. The zero-order valence-electron chi connectivity index (χ0n) is 75.0. The molecule has 3 amide bonds. The second-order valence-corrected chi connectivity index (χ2v) is 32.9. The van der Waals surface area contributed by atoms with Crippen LogP contribution in [-0.2, 0) is 93.5 Å². The first-order chi connectivity index (χ1) is 67.8. The van der Waals surface area contributed by atoms with E-state index in [9.17, 15) is 23.5 Å². The van der Waals surface area contributed by atoms with E-state index in [4.69, 9.17) is 82.5 Å². The molecule has 38 nitrogen and oxygen atoms in total. The van der Waals surface area contributed by atoms with E-state index in [-0.39, 0.29) is 30.9 Å². The summed E-state index contributed by atoms with van der Waals surface area (Å²) < 4.78 is 102. The highest BCUT2D eigenvalue weighted by molar-refractivity contribution is 7.48. The third-order valence-corrected chi connectivity index (χ3v) is 21.4. The Morgan fingerprint density at radius 2 is 0.626 bits per heavy atom. The van der Waals surface area contributed by atoms with Crippen molar-refractivity contribution < 1.29 is 103 Å². The SMILES string of the molecule is CCCCOP(=O)(OCCCC)OCOC(=O)Nc1ncccc1-c1cc(Cc2ccc(COc3ccccn3)cc2)no1.Nc1ncccc1-c1cc(Cc2ccc(COc3ccccn3)cc2)no1.O=C(Nc1ncccc1-c1cc(Cc2ccc(COc3ccccn3)cc2)no1)OCCl.O=C(Nc1ncccc1-c1cc(Cc2ccc(COc3ccccn3)cc2)no1)OCOP(=O)(O)O. The fourth-order valence-corrected chi connectivity index (χ4v) is 13.9. The van der Waals surface area contributed by atoms with Crippen LogP contribution in [0.25, 0.3) is 45.3 Å². The number of rotatable bonds is 42. The third kappa shape index (κ3) is 33.6. The van der Waals surface area contributed by atoms with E-state index >= 15 is 0 Å². The second kappa shape index (κ2) is 52.9. The van der Waals surface area contributed by atoms with Crippen LogP contribution in [0.2, 0.25) is 0 Å².